The number of rotatable bonds is 4. The number of amides is 1. The number of carbonyl (C=O) groups excluding carboxylic acids is 1. The molecule has 2 fully saturated rings. The third-order valence-corrected chi connectivity index (χ3v) is 5.31. The third kappa shape index (κ3) is 6.92. The van der Waals surface area contributed by atoms with E-state index in [1.165, 1.54) is 25.9 Å². The standard InChI is InChI=1S/C18H35N5O.HI/c1-5-19-18(23-12-10-22(11-13-23)17(4)24)20-14-16(3)21-8-6-15(2)7-9-21;/h15-16H,5-14H2,1-4H3,(H,19,20);1H. The molecular weight excluding hydrogens is 429 g/mol. The fraction of sp³-hybridized carbons (Fsp3) is 0.889. The fourth-order valence-electron chi connectivity index (χ4n) is 3.46. The molecule has 1 amide bonds. The van der Waals surface area contributed by atoms with Crippen LogP contribution in [0.15, 0.2) is 4.99 Å². The van der Waals surface area contributed by atoms with Gasteiger partial charge in [-0.25, -0.2) is 0 Å². The van der Waals surface area contributed by atoms with Crippen molar-refractivity contribution in [2.45, 2.75) is 46.6 Å². The Bertz CT molecular complexity index is 429. The highest BCUT2D eigenvalue weighted by molar-refractivity contribution is 14.0. The van der Waals surface area contributed by atoms with Gasteiger partial charge < -0.3 is 15.1 Å². The van der Waals surface area contributed by atoms with Crippen LogP contribution >= 0.6 is 24.0 Å². The summed E-state index contributed by atoms with van der Waals surface area (Å²) < 4.78 is 0. The van der Waals surface area contributed by atoms with Gasteiger partial charge in [-0.1, -0.05) is 6.92 Å². The van der Waals surface area contributed by atoms with E-state index in [1.54, 1.807) is 6.92 Å². The Balaban J connectivity index is 0.00000312. The molecule has 2 rings (SSSR count). The van der Waals surface area contributed by atoms with Crippen LogP contribution in [0, 0.1) is 5.92 Å². The zero-order valence-corrected chi connectivity index (χ0v) is 18.7. The molecule has 0 aromatic rings. The maximum absolute atomic E-state index is 11.5. The minimum Gasteiger partial charge on any atom is -0.357 e. The van der Waals surface area contributed by atoms with E-state index >= 15 is 0 Å². The van der Waals surface area contributed by atoms with Crippen LogP contribution in [0.25, 0.3) is 0 Å². The van der Waals surface area contributed by atoms with Crippen molar-refractivity contribution in [1.29, 1.82) is 0 Å². The summed E-state index contributed by atoms with van der Waals surface area (Å²) in [5, 5.41) is 3.42. The van der Waals surface area contributed by atoms with E-state index in [-0.39, 0.29) is 29.9 Å². The van der Waals surface area contributed by atoms with Gasteiger partial charge in [-0.2, -0.15) is 0 Å². The van der Waals surface area contributed by atoms with Crippen LogP contribution in [0.5, 0.6) is 0 Å². The molecule has 25 heavy (non-hydrogen) atoms. The van der Waals surface area contributed by atoms with E-state index < -0.39 is 0 Å². The molecule has 0 radical (unpaired) electrons. The van der Waals surface area contributed by atoms with Gasteiger partial charge in [-0.3, -0.25) is 14.7 Å². The average Bonchev–Trinajstić information content (AvgIpc) is 2.59. The number of guanidine groups is 1. The highest BCUT2D eigenvalue weighted by Crippen LogP contribution is 2.18. The largest absolute Gasteiger partial charge is 0.357 e. The monoisotopic (exact) mass is 465 g/mol. The van der Waals surface area contributed by atoms with Crippen molar-refractivity contribution in [3.8, 4) is 0 Å². The number of nitrogens with one attached hydrogen (secondary N) is 1. The fourth-order valence-corrected chi connectivity index (χ4v) is 3.46. The van der Waals surface area contributed by atoms with Crippen LogP contribution in [0.4, 0.5) is 0 Å². The van der Waals surface area contributed by atoms with Crippen LogP contribution in [-0.2, 0) is 4.79 Å². The minimum atomic E-state index is 0. The zero-order chi connectivity index (χ0) is 17.5. The molecule has 1 unspecified atom stereocenters. The number of piperidine rings is 1. The van der Waals surface area contributed by atoms with E-state index in [0.29, 0.717) is 6.04 Å². The second-order valence-electron chi connectivity index (χ2n) is 7.26. The first-order valence-electron chi connectivity index (χ1n) is 9.54. The number of halogens is 1. The lowest BCUT2D eigenvalue weighted by Crippen LogP contribution is -2.53. The molecule has 6 nitrogen and oxygen atoms in total. The quantitative estimate of drug-likeness (QED) is 0.391. The predicted molar refractivity (Wildman–Crippen MR) is 115 cm³/mol. The minimum absolute atomic E-state index is 0. The van der Waals surface area contributed by atoms with Crippen molar-refractivity contribution >= 4 is 35.8 Å². The second-order valence-corrected chi connectivity index (χ2v) is 7.26. The molecule has 0 spiro atoms. The Hall–Kier alpha value is -0.570. The Kier molecular flexibility index (Phi) is 10.1. The maximum atomic E-state index is 11.5. The molecule has 0 aromatic heterocycles. The Labute approximate surface area is 170 Å². The molecule has 0 aromatic carbocycles. The summed E-state index contributed by atoms with van der Waals surface area (Å²) in [5.41, 5.74) is 0. The summed E-state index contributed by atoms with van der Waals surface area (Å²) in [6.07, 6.45) is 2.61. The molecule has 0 saturated carbocycles. The number of hydrogen-bond donors (Lipinski definition) is 1. The molecule has 7 heteroatoms. The Morgan fingerprint density at radius 2 is 1.68 bits per heavy atom. The first-order chi connectivity index (χ1) is 11.5. The molecule has 1 N–H and O–H groups in total. The summed E-state index contributed by atoms with van der Waals surface area (Å²) in [4.78, 5) is 23.1. The first kappa shape index (κ1) is 22.5. The van der Waals surface area contributed by atoms with Gasteiger partial charge in [0.2, 0.25) is 5.91 Å². The SMILES string of the molecule is CCNC(=NCC(C)N1CCC(C)CC1)N1CCN(C(C)=O)CC1.I. The lowest BCUT2D eigenvalue weighted by atomic mass is 9.98. The van der Waals surface area contributed by atoms with Gasteiger partial charge in [0.05, 0.1) is 6.54 Å². The van der Waals surface area contributed by atoms with Gasteiger partial charge in [0.1, 0.15) is 0 Å². The van der Waals surface area contributed by atoms with Crippen molar-refractivity contribution in [2.75, 3.05) is 52.4 Å². The molecule has 2 saturated heterocycles. The number of carbonyl (C=O) groups is 1. The van der Waals surface area contributed by atoms with Crippen molar-refractivity contribution in [2.24, 2.45) is 10.9 Å². The first-order valence-corrected chi connectivity index (χ1v) is 9.54. The van der Waals surface area contributed by atoms with Gasteiger partial charge in [0.15, 0.2) is 5.96 Å². The molecular formula is C18H36IN5O. The van der Waals surface area contributed by atoms with Crippen molar-refractivity contribution in [3.63, 3.8) is 0 Å². The van der Waals surface area contributed by atoms with Gasteiger partial charge >= 0.3 is 0 Å². The predicted octanol–water partition coefficient (Wildman–Crippen LogP) is 1.85. The smallest absolute Gasteiger partial charge is 0.219 e. The molecule has 0 bridgehead atoms. The number of nitrogens with zero attached hydrogens (tertiary/aromatic N) is 4. The summed E-state index contributed by atoms with van der Waals surface area (Å²) >= 11 is 0. The summed E-state index contributed by atoms with van der Waals surface area (Å²) in [6.45, 7) is 15.8. The van der Waals surface area contributed by atoms with Crippen LogP contribution in [0.2, 0.25) is 0 Å². The van der Waals surface area contributed by atoms with E-state index in [2.05, 4.69) is 35.9 Å². The summed E-state index contributed by atoms with van der Waals surface area (Å²) in [6, 6.07) is 0.490. The molecule has 2 aliphatic heterocycles. The second kappa shape index (κ2) is 11.2. The molecule has 2 aliphatic rings. The summed E-state index contributed by atoms with van der Waals surface area (Å²) in [5.74, 6) is 2.04. The van der Waals surface area contributed by atoms with Gasteiger partial charge in [-0.15, -0.1) is 24.0 Å². The van der Waals surface area contributed by atoms with Crippen LogP contribution in [-0.4, -0.2) is 85.0 Å². The number of piperazine rings is 1. The highest BCUT2D eigenvalue weighted by atomic mass is 127. The maximum Gasteiger partial charge on any atom is 0.219 e. The Morgan fingerprint density at radius 3 is 2.20 bits per heavy atom. The summed E-state index contributed by atoms with van der Waals surface area (Å²) in [7, 11) is 0. The molecule has 1 atom stereocenters. The number of aliphatic imine (C=N–C) groups is 1. The van der Waals surface area contributed by atoms with Gasteiger partial charge in [0, 0.05) is 45.7 Å². The van der Waals surface area contributed by atoms with E-state index in [0.717, 1.165) is 51.1 Å². The van der Waals surface area contributed by atoms with Crippen LogP contribution < -0.4 is 5.32 Å². The van der Waals surface area contributed by atoms with Crippen molar-refractivity contribution in [3.05, 3.63) is 0 Å². The van der Waals surface area contributed by atoms with E-state index in [1.807, 2.05) is 4.90 Å². The number of likely N-dealkylation sites (tertiary alicyclic amines) is 1. The van der Waals surface area contributed by atoms with Crippen LogP contribution in [0.3, 0.4) is 0 Å². The highest BCUT2D eigenvalue weighted by Gasteiger charge is 2.22. The average molecular weight is 465 g/mol. The number of hydrogen-bond acceptors (Lipinski definition) is 3. The van der Waals surface area contributed by atoms with E-state index in [9.17, 15) is 4.79 Å². The van der Waals surface area contributed by atoms with Crippen molar-refractivity contribution in [1.82, 2.24) is 20.0 Å². The topological polar surface area (TPSA) is 51.2 Å². The van der Waals surface area contributed by atoms with E-state index in [4.69, 9.17) is 4.99 Å². The molecule has 0 aliphatic carbocycles. The van der Waals surface area contributed by atoms with Gasteiger partial charge in [-0.05, 0) is 45.7 Å². The zero-order valence-electron chi connectivity index (χ0n) is 16.3. The van der Waals surface area contributed by atoms with Crippen molar-refractivity contribution < 1.29 is 4.79 Å². The van der Waals surface area contributed by atoms with Crippen LogP contribution in [0.1, 0.15) is 40.5 Å². The Morgan fingerprint density at radius 1 is 1.12 bits per heavy atom. The lowest BCUT2D eigenvalue weighted by molar-refractivity contribution is -0.130. The normalized spacial score (nSPS) is 21.7. The molecule has 2 heterocycles. The molecule has 146 valence electrons. The lowest BCUT2D eigenvalue weighted by Gasteiger charge is -2.37. The van der Waals surface area contributed by atoms with Gasteiger partial charge in [0.25, 0.3) is 0 Å². The third-order valence-electron chi connectivity index (χ3n) is 5.31.